The van der Waals surface area contributed by atoms with E-state index in [9.17, 15) is 18.0 Å². The molecule has 0 spiro atoms. The zero-order valence-electron chi connectivity index (χ0n) is 15.9. The van der Waals surface area contributed by atoms with Gasteiger partial charge in [0, 0.05) is 18.3 Å². The fraction of sp³-hybridized carbons (Fsp3) is 0.263. The number of hydrogen-bond donors (Lipinski definition) is 3. The van der Waals surface area contributed by atoms with Crippen LogP contribution < -0.4 is 20.1 Å². The van der Waals surface area contributed by atoms with Crippen molar-refractivity contribution in [2.75, 3.05) is 17.2 Å². The summed E-state index contributed by atoms with van der Waals surface area (Å²) in [6.07, 6.45) is 0. The molecule has 28 heavy (non-hydrogen) atoms. The number of anilines is 2. The van der Waals surface area contributed by atoms with Gasteiger partial charge in [-0.3, -0.25) is 9.59 Å². The lowest BCUT2D eigenvalue weighted by atomic mass is 10.2. The van der Waals surface area contributed by atoms with Crippen molar-refractivity contribution in [2.24, 2.45) is 0 Å². The van der Waals surface area contributed by atoms with Gasteiger partial charge in [0.2, 0.25) is 21.8 Å². The zero-order chi connectivity index (χ0) is 20.7. The van der Waals surface area contributed by atoms with E-state index in [1.165, 1.54) is 38.1 Å². The van der Waals surface area contributed by atoms with E-state index in [4.69, 9.17) is 4.74 Å². The first-order valence-corrected chi connectivity index (χ1v) is 10.1. The minimum atomic E-state index is -3.90. The highest BCUT2D eigenvalue weighted by Crippen LogP contribution is 2.17. The predicted molar refractivity (Wildman–Crippen MR) is 107 cm³/mol. The number of sulfonamides is 1. The molecule has 2 amide bonds. The largest absolute Gasteiger partial charge is 0.494 e. The number of amides is 2. The molecule has 2 aromatic rings. The van der Waals surface area contributed by atoms with Gasteiger partial charge in [0.25, 0.3) is 0 Å². The molecule has 0 aromatic heterocycles. The van der Waals surface area contributed by atoms with Gasteiger partial charge in [-0.2, -0.15) is 4.72 Å². The maximum atomic E-state index is 12.5. The highest BCUT2D eigenvalue weighted by molar-refractivity contribution is 7.89. The first-order chi connectivity index (χ1) is 13.2. The van der Waals surface area contributed by atoms with Crippen molar-refractivity contribution in [3.8, 4) is 5.75 Å². The van der Waals surface area contributed by atoms with Crippen LogP contribution in [-0.4, -0.2) is 32.9 Å². The van der Waals surface area contributed by atoms with Crippen molar-refractivity contribution >= 4 is 33.2 Å². The average molecular weight is 405 g/mol. The lowest BCUT2D eigenvalue weighted by molar-refractivity contribution is -0.117. The lowest BCUT2D eigenvalue weighted by Gasteiger charge is -2.15. The van der Waals surface area contributed by atoms with Gasteiger partial charge in [-0.15, -0.1) is 0 Å². The van der Waals surface area contributed by atoms with Crippen LogP contribution in [0.4, 0.5) is 11.4 Å². The van der Waals surface area contributed by atoms with Gasteiger partial charge < -0.3 is 15.4 Å². The maximum Gasteiger partial charge on any atom is 0.242 e. The zero-order valence-corrected chi connectivity index (χ0v) is 16.7. The number of rotatable bonds is 8. The molecule has 2 rings (SSSR count). The predicted octanol–water partition coefficient (Wildman–Crippen LogP) is 2.35. The SMILES string of the molecule is CCOc1ccc(NC(=O)[C@@H](C)NS(=O)(=O)c2ccc(NC(C)=O)cc2)cc1. The van der Waals surface area contributed by atoms with E-state index in [2.05, 4.69) is 15.4 Å². The van der Waals surface area contributed by atoms with Crippen molar-refractivity contribution in [3.63, 3.8) is 0 Å². The lowest BCUT2D eigenvalue weighted by Crippen LogP contribution is -2.41. The van der Waals surface area contributed by atoms with Crippen LogP contribution in [0.5, 0.6) is 5.75 Å². The summed E-state index contributed by atoms with van der Waals surface area (Å²) in [5.41, 5.74) is 1.01. The summed E-state index contributed by atoms with van der Waals surface area (Å²) in [6, 6.07) is 11.4. The number of hydrogen-bond acceptors (Lipinski definition) is 5. The number of carbonyl (C=O) groups excluding carboxylic acids is 2. The number of nitrogens with one attached hydrogen (secondary N) is 3. The monoisotopic (exact) mass is 405 g/mol. The van der Waals surface area contributed by atoms with Crippen LogP contribution in [-0.2, 0) is 19.6 Å². The number of ether oxygens (including phenoxy) is 1. The maximum absolute atomic E-state index is 12.5. The van der Waals surface area contributed by atoms with E-state index in [1.807, 2.05) is 6.92 Å². The molecule has 2 aromatic carbocycles. The molecule has 0 heterocycles. The molecule has 0 saturated carbocycles. The molecule has 0 aliphatic carbocycles. The van der Waals surface area contributed by atoms with Gasteiger partial charge >= 0.3 is 0 Å². The summed E-state index contributed by atoms with van der Waals surface area (Å²) in [4.78, 5) is 23.3. The van der Waals surface area contributed by atoms with Crippen LogP contribution >= 0.6 is 0 Å². The fourth-order valence-electron chi connectivity index (χ4n) is 2.33. The minimum Gasteiger partial charge on any atom is -0.494 e. The first-order valence-electron chi connectivity index (χ1n) is 8.65. The molecule has 0 fully saturated rings. The van der Waals surface area contributed by atoms with Gasteiger partial charge in [0.1, 0.15) is 5.75 Å². The molecule has 0 aliphatic heterocycles. The topological polar surface area (TPSA) is 114 Å². The summed E-state index contributed by atoms with van der Waals surface area (Å²) < 4.78 is 32.6. The van der Waals surface area contributed by atoms with Crippen molar-refractivity contribution < 1.29 is 22.7 Å². The Balaban J connectivity index is 2.00. The van der Waals surface area contributed by atoms with Gasteiger partial charge in [-0.05, 0) is 62.4 Å². The van der Waals surface area contributed by atoms with Crippen molar-refractivity contribution in [1.82, 2.24) is 4.72 Å². The van der Waals surface area contributed by atoms with E-state index < -0.39 is 22.0 Å². The second kappa shape index (κ2) is 9.34. The molecule has 150 valence electrons. The highest BCUT2D eigenvalue weighted by Gasteiger charge is 2.22. The van der Waals surface area contributed by atoms with Crippen molar-refractivity contribution in [3.05, 3.63) is 48.5 Å². The van der Waals surface area contributed by atoms with Crippen LogP contribution in [0, 0.1) is 0 Å². The summed E-state index contributed by atoms with van der Waals surface area (Å²) in [6.45, 7) is 5.22. The van der Waals surface area contributed by atoms with E-state index in [-0.39, 0.29) is 10.8 Å². The Hall–Kier alpha value is -2.91. The standard InChI is InChI=1S/C19H23N3O5S/c1-4-27-17-9-5-16(6-10-17)21-19(24)13(2)22-28(25,26)18-11-7-15(8-12-18)20-14(3)23/h5-13,22H,4H2,1-3H3,(H,20,23)(H,21,24)/t13-/m1/s1. The van der Waals surface area contributed by atoms with E-state index in [0.29, 0.717) is 23.7 Å². The Kier molecular flexibility index (Phi) is 7.13. The third-order valence-electron chi connectivity index (χ3n) is 3.64. The van der Waals surface area contributed by atoms with Gasteiger partial charge in [0.05, 0.1) is 17.5 Å². The van der Waals surface area contributed by atoms with Crippen molar-refractivity contribution in [1.29, 1.82) is 0 Å². The third kappa shape index (κ3) is 6.07. The van der Waals surface area contributed by atoms with E-state index in [0.717, 1.165) is 0 Å². The Bertz CT molecular complexity index is 925. The minimum absolute atomic E-state index is 0.0117. The Morgan fingerprint density at radius 1 is 0.964 bits per heavy atom. The summed E-state index contributed by atoms with van der Waals surface area (Å²) in [7, 11) is -3.90. The molecule has 3 N–H and O–H groups in total. The molecule has 1 atom stereocenters. The molecule has 0 saturated heterocycles. The van der Waals surface area contributed by atoms with Gasteiger partial charge in [0.15, 0.2) is 0 Å². The van der Waals surface area contributed by atoms with Crippen LogP contribution in [0.25, 0.3) is 0 Å². The molecule has 0 aliphatic rings. The molecule has 0 unspecified atom stereocenters. The van der Waals surface area contributed by atoms with Crippen LogP contribution in [0.3, 0.4) is 0 Å². The summed E-state index contributed by atoms with van der Waals surface area (Å²) in [5.74, 6) is -0.0760. The first kappa shape index (κ1) is 21.4. The molecular formula is C19H23N3O5S. The van der Waals surface area contributed by atoms with Crippen LogP contribution in [0.15, 0.2) is 53.4 Å². The second-order valence-electron chi connectivity index (χ2n) is 6.00. The van der Waals surface area contributed by atoms with Crippen LogP contribution in [0.2, 0.25) is 0 Å². The van der Waals surface area contributed by atoms with E-state index in [1.54, 1.807) is 24.3 Å². The summed E-state index contributed by atoms with van der Waals surface area (Å²) >= 11 is 0. The smallest absolute Gasteiger partial charge is 0.242 e. The third-order valence-corrected chi connectivity index (χ3v) is 5.20. The summed E-state index contributed by atoms with van der Waals surface area (Å²) in [5, 5.41) is 5.20. The molecule has 8 nitrogen and oxygen atoms in total. The van der Waals surface area contributed by atoms with Crippen LogP contribution in [0.1, 0.15) is 20.8 Å². The number of benzene rings is 2. The molecule has 9 heteroatoms. The molecule has 0 radical (unpaired) electrons. The van der Waals surface area contributed by atoms with Gasteiger partial charge in [-0.25, -0.2) is 8.42 Å². The van der Waals surface area contributed by atoms with E-state index >= 15 is 0 Å². The Labute approximate surface area is 164 Å². The number of carbonyl (C=O) groups is 2. The van der Waals surface area contributed by atoms with Gasteiger partial charge in [-0.1, -0.05) is 0 Å². The Morgan fingerprint density at radius 2 is 1.50 bits per heavy atom. The average Bonchev–Trinajstić information content (AvgIpc) is 2.63. The quantitative estimate of drug-likeness (QED) is 0.624. The highest BCUT2D eigenvalue weighted by atomic mass is 32.2. The second-order valence-corrected chi connectivity index (χ2v) is 7.71. The Morgan fingerprint density at radius 3 is 2.04 bits per heavy atom. The molecule has 0 bridgehead atoms. The fourth-order valence-corrected chi connectivity index (χ4v) is 3.53. The van der Waals surface area contributed by atoms with Crippen molar-refractivity contribution in [2.45, 2.75) is 31.7 Å². The molecular weight excluding hydrogens is 382 g/mol. The normalized spacial score (nSPS) is 12.1.